The number of unbranched alkanes of at least 4 members (excludes halogenated alkanes) is 1. The van der Waals surface area contributed by atoms with Gasteiger partial charge in [-0.15, -0.1) is 0 Å². The van der Waals surface area contributed by atoms with E-state index in [2.05, 4.69) is 94.9 Å². The average molecular weight is 538 g/mol. The lowest BCUT2D eigenvalue weighted by atomic mass is 9.97. The van der Waals surface area contributed by atoms with E-state index in [1.165, 1.54) is 28.9 Å². The zero-order chi connectivity index (χ0) is 27.9. The van der Waals surface area contributed by atoms with Crippen molar-refractivity contribution >= 4 is 11.4 Å². The molecule has 0 aliphatic carbocycles. The van der Waals surface area contributed by atoms with E-state index in [1.54, 1.807) is 7.11 Å². The first-order valence-corrected chi connectivity index (χ1v) is 14.8. The number of rotatable bonds is 12. The van der Waals surface area contributed by atoms with E-state index in [9.17, 15) is 0 Å². The molecular weight excluding hydrogens is 486 g/mol. The van der Waals surface area contributed by atoms with Gasteiger partial charge >= 0.3 is 0 Å². The van der Waals surface area contributed by atoms with E-state index in [1.807, 2.05) is 0 Å². The number of hydrogen-bond acceptors (Lipinski definition) is 8. The van der Waals surface area contributed by atoms with Crippen molar-refractivity contribution in [3.8, 4) is 5.75 Å². The Morgan fingerprint density at radius 3 is 2.33 bits per heavy atom. The highest BCUT2D eigenvalue weighted by Gasteiger charge is 2.40. The van der Waals surface area contributed by atoms with Gasteiger partial charge in [0.25, 0.3) is 0 Å². The highest BCUT2D eigenvalue weighted by Crippen LogP contribution is 2.38. The maximum absolute atomic E-state index is 7.03. The van der Waals surface area contributed by atoms with E-state index in [0.29, 0.717) is 6.04 Å². The number of ether oxygens (including phenoxy) is 1. The second kappa shape index (κ2) is 13.8. The second-order valence-electron chi connectivity index (χ2n) is 11.2. The van der Waals surface area contributed by atoms with Crippen molar-refractivity contribution in [3.05, 3.63) is 53.6 Å². The average Bonchev–Trinajstić information content (AvgIpc) is 2.95. The number of anilines is 2. The molecule has 2 aliphatic rings. The van der Waals surface area contributed by atoms with E-state index in [0.717, 1.165) is 70.8 Å². The number of methoxy groups -OCH3 is 1. The van der Waals surface area contributed by atoms with E-state index >= 15 is 0 Å². The molecule has 0 amide bonds. The monoisotopic (exact) mass is 537 g/mol. The molecule has 39 heavy (non-hydrogen) atoms. The Balaban J connectivity index is 1.43. The highest BCUT2D eigenvalue weighted by molar-refractivity contribution is 5.59. The van der Waals surface area contributed by atoms with Crippen LogP contribution in [0.4, 0.5) is 11.4 Å². The van der Waals surface area contributed by atoms with Gasteiger partial charge in [0.05, 0.1) is 13.3 Å². The Morgan fingerprint density at radius 1 is 0.949 bits per heavy atom. The summed E-state index contributed by atoms with van der Waals surface area (Å²) in [6, 6.07) is 15.2. The minimum atomic E-state index is -0.213. The van der Waals surface area contributed by atoms with Gasteiger partial charge in [0.15, 0.2) is 0 Å². The van der Waals surface area contributed by atoms with E-state index in [4.69, 9.17) is 16.2 Å². The van der Waals surface area contributed by atoms with Crippen LogP contribution in [0.2, 0.25) is 0 Å². The maximum Gasteiger partial charge on any atom is 0.136 e. The Hall–Kier alpha value is -2.36. The molecule has 4 rings (SSSR count). The molecule has 8 heteroatoms. The van der Waals surface area contributed by atoms with Gasteiger partial charge in [0.1, 0.15) is 12.0 Å². The van der Waals surface area contributed by atoms with Gasteiger partial charge in [-0.1, -0.05) is 38.1 Å². The molecule has 0 bridgehead atoms. The summed E-state index contributed by atoms with van der Waals surface area (Å²) in [4.78, 5) is 12.0. The van der Waals surface area contributed by atoms with Crippen molar-refractivity contribution in [2.75, 3.05) is 70.3 Å². The van der Waals surface area contributed by atoms with Crippen LogP contribution in [-0.2, 0) is 6.54 Å². The minimum Gasteiger partial charge on any atom is -0.496 e. The Bertz CT molecular complexity index is 1040. The largest absolute Gasteiger partial charge is 0.496 e. The number of nitrogens with zero attached hydrogens (tertiary/aromatic N) is 5. The first kappa shape index (κ1) is 29.6. The van der Waals surface area contributed by atoms with Crippen molar-refractivity contribution in [2.24, 2.45) is 11.5 Å². The van der Waals surface area contributed by atoms with Gasteiger partial charge < -0.3 is 25.2 Å². The fourth-order valence-electron chi connectivity index (χ4n) is 6.40. The summed E-state index contributed by atoms with van der Waals surface area (Å²) in [7, 11) is 5.95. The van der Waals surface area contributed by atoms with Crippen molar-refractivity contribution in [1.82, 2.24) is 14.7 Å². The van der Waals surface area contributed by atoms with Crippen molar-refractivity contribution in [3.63, 3.8) is 0 Å². The van der Waals surface area contributed by atoms with Crippen LogP contribution >= 0.6 is 0 Å². The number of para-hydroxylation sites is 1. The van der Waals surface area contributed by atoms with Crippen LogP contribution in [0, 0.1) is 0 Å². The zero-order valence-corrected chi connectivity index (χ0v) is 24.9. The lowest BCUT2D eigenvalue weighted by Gasteiger charge is -2.51. The molecule has 4 N–H and O–H groups in total. The molecule has 2 unspecified atom stereocenters. The highest BCUT2D eigenvalue weighted by atomic mass is 16.5. The minimum absolute atomic E-state index is 0.186. The van der Waals surface area contributed by atoms with Crippen molar-refractivity contribution < 1.29 is 4.74 Å². The van der Waals surface area contributed by atoms with Crippen LogP contribution in [0.5, 0.6) is 5.75 Å². The summed E-state index contributed by atoms with van der Waals surface area (Å²) < 4.78 is 5.73. The molecule has 0 radical (unpaired) electrons. The fourth-order valence-corrected chi connectivity index (χ4v) is 6.40. The molecule has 0 saturated carbocycles. The van der Waals surface area contributed by atoms with Gasteiger partial charge in [-0.25, -0.2) is 4.90 Å². The second-order valence-corrected chi connectivity index (χ2v) is 11.2. The summed E-state index contributed by atoms with van der Waals surface area (Å²) in [5.41, 5.74) is 18.8. The summed E-state index contributed by atoms with van der Waals surface area (Å²) >= 11 is 0. The van der Waals surface area contributed by atoms with Crippen molar-refractivity contribution in [2.45, 2.75) is 64.6 Å². The van der Waals surface area contributed by atoms with E-state index in [-0.39, 0.29) is 12.5 Å². The number of likely N-dealkylation sites (tertiary alicyclic amines) is 1. The van der Waals surface area contributed by atoms with Crippen LogP contribution in [0.3, 0.4) is 0 Å². The molecule has 0 spiro atoms. The quantitative estimate of drug-likeness (QED) is 0.395. The summed E-state index contributed by atoms with van der Waals surface area (Å²) in [5, 5.41) is 0. The molecule has 2 atom stereocenters. The maximum atomic E-state index is 7.03. The number of hydrogen-bond donors (Lipinski definition) is 2. The number of benzene rings is 2. The standard InChI is InChI=1S/C31H51N7O/c1-6-35(7-2)19-10-11-20-37-28-14-9-8-13-25(28)30(32)38(31(37)33)24-17-21-36(22-18-24)23-26-27(34(3)4)15-12-16-29(26)39-5/h8-9,12-16,24,30-31H,6-7,10-11,17-23,32-33H2,1-5H3. The molecule has 1 saturated heterocycles. The third kappa shape index (κ3) is 6.69. The predicted molar refractivity (Wildman–Crippen MR) is 163 cm³/mol. The molecule has 1 fully saturated rings. The molecule has 216 valence electrons. The molecule has 2 heterocycles. The first-order valence-electron chi connectivity index (χ1n) is 14.8. The zero-order valence-electron chi connectivity index (χ0n) is 24.9. The first-order chi connectivity index (χ1) is 18.9. The summed E-state index contributed by atoms with van der Waals surface area (Å²) in [6.45, 7) is 11.7. The Morgan fingerprint density at radius 2 is 1.67 bits per heavy atom. The summed E-state index contributed by atoms with van der Waals surface area (Å²) in [5.74, 6) is 0.955. The molecule has 0 aromatic heterocycles. The van der Waals surface area contributed by atoms with Gasteiger partial charge in [0.2, 0.25) is 0 Å². The third-order valence-electron chi connectivity index (χ3n) is 8.70. The number of piperidine rings is 1. The van der Waals surface area contributed by atoms with Gasteiger partial charge in [-0.05, 0) is 76.6 Å². The van der Waals surface area contributed by atoms with Crippen LogP contribution in [-0.4, -0.2) is 87.5 Å². The molecule has 2 aromatic carbocycles. The summed E-state index contributed by atoms with van der Waals surface area (Å²) in [6.07, 6.45) is 3.99. The molecular formula is C31H51N7O. The van der Waals surface area contributed by atoms with Crippen LogP contribution < -0.4 is 26.0 Å². The lowest BCUT2D eigenvalue weighted by molar-refractivity contribution is 0.0283. The van der Waals surface area contributed by atoms with Gasteiger partial charge in [-0.3, -0.25) is 10.6 Å². The van der Waals surface area contributed by atoms with E-state index < -0.39 is 0 Å². The fraction of sp³-hybridized carbons (Fsp3) is 0.613. The molecule has 2 aromatic rings. The SMILES string of the molecule is CCN(CC)CCCCN1c2ccccc2C(N)N(C2CCN(Cc3c(OC)cccc3N(C)C)CC2)C1N. The Labute approximate surface area is 236 Å². The normalized spacial score (nSPS) is 20.9. The smallest absolute Gasteiger partial charge is 0.136 e. The topological polar surface area (TPSA) is 77.5 Å². The lowest BCUT2D eigenvalue weighted by Crippen LogP contribution is -2.64. The van der Waals surface area contributed by atoms with Crippen LogP contribution in [0.1, 0.15) is 56.8 Å². The van der Waals surface area contributed by atoms with Crippen molar-refractivity contribution in [1.29, 1.82) is 0 Å². The third-order valence-corrected chi connectivity index (χ3v) is 8.70. The Kier molecular flexibility index (Phi) is 10.5. The predicted octanol–water partition coefficient (Wildman–Crippen LogP) is 3.87. The van der Waals surface area contributed by atoms with Crippen LogP contribution in [0.15, 0.2) is 42.5 Å². The van der Waals surface area contributed by atoms with Gasteiger partial charge in [-0.2, -0.15) is 0 Å². The van der Waals surface area contributed by atoms with Gasteiger partial charge in [0, 0.05) is 55.7 Å². The molecule has 8 nitrogen and oxygen atoms in total. The number of nitrogens with two attached hydrogens (primary N) is 2. The van der Waals surface area contributed by atoms with Crippen LogP contribution in [0.25, 0.3) is 0 Å². The molecule has 2 aliphatic heterocycles. The number of fused-ring (bicyclic) bond motifs is 1.